The lowest BCUT2D eigenvalue weighted by Gasteiger charge is -2.26. The Kier molecular flexibility index (Phi) is 4.57. The van der Waals surface area contributed by atoms with Crippen LogP contribution in [-0.2, 0) is 4.74 Å². The second-order valence-electron chi connectivity index (χ2n) is 5.78. The molecule has 0 aliphatic carbocycles. The predicted octanol–water partition coefficient (Wildman–Crippen LogP) is 2.91. The second-order valence-corrected chi connectivity index (χ2v) is 5.78. The Morgan fingerprint density at radius 3 is 2.61 bits per heavy atom. The Morgan fingerprint density at radius 2 is 1.96 bits per heavy atom. The highest BCUT2D eigenvalue weighted by molar-refractivity contribution is 5.92. The Balaban J connectivity index is 1.70. The number of aryl methyl sites for hydroxylation is 2. The first kappa shape index (κ1) is 15.5. The minimum Gasteiger partial charge on any atom is -0.378 e. The van der Waals surface area contributed by atoms with E-state index in [1.807, 2.05) is 6.07 Å². The zero-order chi connectivity index (χ0) is 16.2. The zero-order valence-corrected chi connectivity index (χ0v) is 13.5. The Bertz CT molecular complexity index is 692. The van der Waals surface area contributed by atoms with Gasteiger partial charge < -0.3 is 15.0 Å². The number of carbonyl (C=O) groups excluding carboxylic acids is 1. The molecule has 1 aromatic carbocycles. The quantitative estimate of drug-likeness (QED) is 0.947. The van der Waals surface area contributed by atoms with E-state index in [9.17, 15) is 4.79 Å². The van der Waals surface area contributed by atoms with E-state index in [4.69, 9.17) is 4.74 Å². The third-order valence-corrected chi connectivity index (χ3v) is 3.94. The van der Waals surface area contributed by atoms with Gasteiger partial charge in [0, 0.05) is 18.8 Å². The van der Waals surface area contributed by atoms with Gasteiger partial charge >= 0.3 is 0 Å². The molecule has 1 saturated heterocycles. The first-order valence-electron chi connectivity index (χ1n) is 7.81. The van der Waals surface area contributed by atoms with Crippen LogP contribution in [0.15, 0.2) is 36.5 Å². The maximum absolute atomic E-state index is 12.3. The van der Waals surface area contributed by atoms with Crippen molar-refractivity contribution in [3.63, 3.8) is 0 Å². The summed E-state index contributed by atoms with van der Waals surface area (Å²) in [6.07, 6.45) is 1.70. The molecule has 0 atom stereocenters. The molecule has 2 heterocycles. The van der Waals surface area contributed by atoms with Crippen molar-refractivity contribution in [3.8, 4) is 0 Å². The van der Waals surface area contributed by atoms with Crippen LogP contribution in [0.1, 0.15) is 21.6 Å². The monoisotopic (exact) mass is 311 g/mol. The Labute approximate surface area is 136 Å². The lowest BCUT2D eigenvalue weighted by molar-refractivity contribution is 0.0299. The molecule has 5 nitrogen and oxygen atoms in total. The van der Waals surface area contributed by atoms with Crippen molar-refractivity contribution in [2.75, 3.05) is 31.6 Å². The van der Waals surface area contributed by atoms with Crippen LogP contribution in [0.25, 0.3) is 0 Å². The van der Waals surface area contributed by atoms with E-state index in [1.165, 1.54) is 11.1 Å². The predicted molar refractivity (Wildman–Crippen MR) is 90.2 cm³/mol. The summed E-state index contributed by atoms with van der Waals surface area (Å²) in [5, 5.41) is 3.34. The molecule has 0 unspecified atom stereocenters. The molecule has 1 N–H and O–H groups in total. The number of nitrogens with one attached hydrogen (secondary N) is 1. The molecular weight excluding hydrogens is 290 g/mol. The molecule has 1 fully saturated rings. The Hall–Kier alpha value is -2.40. The largest absolute Gasteiger partial charge is 0.378 e. The topological polar surface area (TPSA) is 54.5 Å². The van der Waals surface area contributed by atoms with Crippen LogP contribution in [0.4, 0.5) is 11.4 Å². The SMILES string of the molecule is Cc1ccc(Nc2ccc(C(=O)N3CCOCC3)nc2)c(C)c1. The second kappa shape index (κ2) is 6.79. The van der Waals surface area contributed by atoms with E-state index in [1.54, 1.807) is 17.2 Å². The number of morpholine rings is 1. The summed E-state index contributed by atoms with van der Waals surface area (Å²) in [7, 11) is 0. The molecule has 5 heteroatoms. The van der Waals surface area contributed by atoms with E-state index < -0.39 is 0 Å². The van der Waals surface area contributed by atoms with Gasteiger partial charge in [0.1, 0.15) is 5.69 Å². The molecule has 0 bridgehead atoms. The third-order valence-electron chi connectivity index (χ3n) is 3.94. The maximum Gasteiger partial charge on any atom is 0.272 e. The summed E-state index contributed by atoms with van der Waals surface area (Å²) in [6, 6.07) is 9.91. The average molecular weight is 311 g/mol. The van der Waals surface area contributed by atoms with Gasteiger partial charge in [-0.05, 0) is 37.6 Å². The van der Waals surface area contributed by atoms with Crippen molar-refractivity contribution in [1.29, 1.82) is 0 Å². The minimum atomic E-state index is -0.0358. The minimum absolute atomic E-state index is 0.0358. The number of amides is 1. The standard InChI is InChI=1S/C18H21N3O2/c1-13-3-5-16(14(2)11-13)20-15-4-6-17(19-12-15)18(22)21-7-9-23-10-8-21/h3-6,11-12,20H,7-10H2,1-2H3. The van der Waals surface area contributed by atoms with E-state index in [0.29, 0.717) is 32.0 Å². The lowest BCUT2D eigenvalue weighted by Crippen LogP contribution is -2.41. The lowest BCUT2D eigenvalue weighted by atomic mass is 10.1. The third kappa shape index (κ3) is 3.68. The summed E-state index contributed by atoms with van der Waals surface area (Å²) in [4.78, 5) is 18.4. The molecule has 0 radical (unpaired) electrons. The van der Waals surface area contributed by atoms with Gasteiger partial charge in [-0.1, -0.05) is 17.7 Å². The normalized spacial score (nSPS) is 14.6. The molecule has 3 rings (SSSR count). The molecule has 0 spiro atoms. The molecular formula is C18H21N3O2. The van der Waals surface area contributed by atoms with Gasteiger partial charge in [-0.15, -0.1) is 0 Å². The Morgan fingerprint density at radius 1 is 1.17 bits per heavy atom. The van der Waals surface area contributed by atoms with Crippen LogP contribution in [0, 0.1) is 13.8 Å². The van der Waals surface area contributed by atoms with E-state index >= 15 is 0 Å². The average Bonchev–Trinajstić information content (AvgIpc) is 2.58. The number of hydrogen-bond donors (Lipinski definition) is 1. The van der Waals surface area contributed by atoms with Crippen LogP contribution in [-0.4, -0.2) is 42.1 Å². The van der Waals surface area contributed by atoms with E-state index in [-0.39, 0.29) is 5.91 Å². The molecule has 1 aliphatic rings. The number of benzene rings is 1. The van der Waals surface area contributed by atoms with Crippen LogP contribution in [0.5, 0.6) is 0 Å². The molecule has 1 aromatic heterocycles. The highest BCUT2D eigenvalue weighted by atomic mass is 16.5. The number of rotatable bonds is 3. The number of ether oxygens (including phenoxy) is 1. The highest BCUT2D eigenvalue weighted by Crippen LogP contribution is 2.21. The van der Waals surface area contributed by atoms with Gasteiger partial charge in [-0.25, -0.2) is 4.98 Å². The van der Waals surface area contributed by atoms with Gasteiger partial charge in [0.2, 0.25) is 0 Å². The summed E-state index contributed by atoms with van der Waals surface area (Å²) in [5.41, 5.74) is 4.80. The fourth-order valence-electron chi connectivity index (χ4n) is 2.63. The summed E-state index contributed by atoms with van der Waals surface area (Å²) >= 11 is 0. The number of carbonyl (C=O) groups is 1. The van der Waals surface area contributed by atoms with Crippen molar-refractivity contribution < 1.29 is 9.53 Å². The van der Waals surface area contributed by atoms with E-state index in [0.717, 1.165) is 11.4 Å². The van der Waals surface area contributed by atoms with Crippen molar-refractivity contribution in [3.05, 3.63) is 53.3 Å². The molecule has 2 aromatic rings. The highest BCUT2D eigenvalue weighted by Gasteiger charge is 2.19. The maximum atomic E-state index is 12.3. The smallest absolute Gasteiger partial charge is 0.272 e. The number of nitrogens with zero attached hydrogens (tertiary/aromatic N) is 2. The fraction of sp³-hybridized carbons (Fsp3) is 0.333. The first-order chi connectivity index (χ1) is 11.1. The van der Waals surface area contributed by atoms with Crippen LogP contribution in [0.3, 0.4) is 0 Å². The van der Waals surface area contributed by atoms with Crippen LogP contribution in [0.2, 0.25) is 0 Å². The molecule has 23 heavy (non-hydrogen) atoms. The summed E-state index contributed by atoms with van der Waals surface area (Å²) in [6.45, 7) is 6.59. The van der Waals surface area contributed by atoms with Crippen molar-refractivity contribution in [1.82, 2.24) is 9.88 Å². The van der Waals surface area contributed by atoms with E-state index in [2.05, 4.69) is 42.3 Å². The van der Waals surface area contributed by atoms with Gasteiger partial charge in [0.25, 0.3) is 5.91 Å². The molecule has 1 aliphatic heterocycles. The van der Waals surface area contributed by atoms with Gasteiger partial charge in [-0.3, -0.25) is 4.79 Å². The van der Waals surface area contributed by atoms with Gasteiger partial charge in [0.15, 0.2) is 0 Å². The fourth-order valence-corrected chi connectivity index (χ4v) is 2.63. The molecule has 120 valence electrons. The van der Waals surface area contributed by atoms with Gasteiger partial charge in [0.05, 0.1) is 25.1 Å². The zero-order valence-electron chi connectivity index (χ0n) is 13.5. The van der Waals surface area contributed by atoms with Crippen molar-refractivity contribution in [2.24, 2.45) is 0 Å². The molecule has 1 amide bonds. The van der Waals surface area contributed by atoms with Crippen LogP contribution < -0.4 is 5.32 Å². The molecule has 0 saturated carbocycles. The number of anilines is 2. The van der Waals surface area contributed by atoms with Crippen molar-refractivity contribution in [2.45, 2.75) is 13.8 Å². The number of pyridine rings is 1. The first-order valence-corrected chi connectivity index (χ1v) is 7.81. The summed E-state index contributed by atoms with van der Waals surface area (Å²) < 4.78 is 5.27. The summed E-state index contributed by atoms with van der Waals surface area (Å²) in [5.74, 6) is -0.0358. The van der Waals surface area contributed by atoms with Gasteiger partial charge in [-0.2, -0.15) is 0 Å². The number of aromatic nitrogens is 1. The van der Waals surface area contributed by atoms with Crippen molar-refractivity contribution >= 4 is 17.3 Å². The number of hydrogen-bond acceptors (Lipinski definition) is 4. The van der Waals surface area contributed by atoms with Crippen LogP contribution >= 0.6 is 0 Å².